The van der Waals surface area contributed by atoms with Crippen LogP contribution in [0.15, 0.2) is 0 Å². The Morgan fingerprint density at radius 1 is 1.17 bits per heavy atom. The molecular weight excluding hydrogens is 362 g/mol. The van der Waals surface area contributed by atoms with E-state index in [0.29, 0.717) is 16.3 Å². The number of halogens is 3. The third kappa shape index (κ3) is 5.94. The van der Waals surface area contributed by atoms with E-state index in [1.807, 2.05) is 0 Å². The molecule has 3 heteroatoms. The molecule has 0 spiro atoms. The first-order chi connectivity index (χ1) is 8.40. The zero-order chi connectivity index (χ0) is 13.7. The fourth-order valence-corrected chi connectivity index (χ4v) is 3.92. The van der Waals surface area contributed by atoms with E-state index in [9.17, 15) is 4.39 Å². The van der Waals surface area contributed by atoms with Gasteiger partial charge in [0.1, 0.15) is 6.17 Å². The van der Waals surface area contributed by atoms with Gasteiger partial charge in [0.2, 0.25) is 0 Å². The Bertz CT molecular complexity index is 235. The summed E-state index contributed by atoms with van der Waals surface area (Å²) >= 11 is 8.88. The summed E-state index contributed by atoms with van der Waals surface area (Å²) in [6, 6.07) is 0. The molecule has 0 aromatic carbocycles. The van der Waals surface area contributed by atoms with Crippen molar-refractivity contribution in [1.29, 1.82) is 0 Å². The van der Waals surface area contributed by atoms with Gasteiger partial charge in [-0.2, -0.15) is 0 Å². The van der Waals surface area contributed by atoms with E-state index in [0.717, 1.165) is 25.2 Å². The smallest absolute Gasteiger partial charge is 0.105 e. The van der Waals surface area contributed by atoms with Crippen molar-refractivity contribution in [3.63, 3.8) is 0 Å². The molecule has 0 aromatic rings. The van der Waals surface area contributed by atoms with Crippen molar-refractivity contribution in [1.82, 2.24) is 0 Å². The molecule has 1 rings (SSSR count). The molecule has 0 saturated heterocycles. The fourth-order valence-electron chi connectivity index (χ4n) is 2.95. The minimum Gasteiger partial charge on any atom is -0.247 e. The highest BCUT2D eigenvalue weighted by atomic mass is 127. The maximum Gasteiger partial charge on any atom is 0.105 e. The fraction of sp³-hybridized carbons (Fsp3) is 1.00. The number of rotatable bonds is 2. The highest BCUT2D eigenvalue weighted by Gasteiger charge is 2.31. The van der Waals surface area contributed by atoms with E-state index in [4.69, 9.17) is 11.6 Å². The Morgan fingerprint density at radius 2 is 1.72 bits per heavy atom. The summed E-state index contributed by atoms with van der Waals surface area (Å²) in [6.07, 6.45) is 5.42. The number of hydrogen-bond acceptors (Lipinski definition) is 0. The van der Waals surface area contributed by atoms with Crippen molar-refractivity contribution >= 4 is 34.2 Å². The van der Waals surface area contributed by atoms with Gasteiger partial charge in [0.15, 0.2) is 0 Å². The van der Waals surface area contributed by atoms with Gasteiger partial charge in [-0.15, -0.1) is 11.6 Å². The molecule has 1 saturated carbocycles. The summed E-state index contributed by atoms with van der Waals surface area (Å²) in [4.78, 5) is 0. The third-order valence-electron chi connectivity index (χ3n) is 4.24. The van der Waals surface area contributed by atoms with Crippen molar-refractivity contribution in [3.8, 4) is 0 Å². The predicted molar refractivity (Wildman–Crippen MR) is 87.5 cm³/mol. The molecule has 0 N–H and O–H groups in total. The Hall–Kier alpha value is 0.950. The molecule has 6 atom stereocenters. The van der Waals surface area contributed by atoms with E-state index < -0.39 is 6.17 Å². The third-order valence-corrected chi connectivity index (χ3v) is 5.29. The lowest BCUT2D eigenvalue weighted by molar-refractivity contribution is 0.160. The molecule has 0 amide bonds. The maximum absolute atomic E-state index is 14.5. The van der Waals surface area contributed by atoms with Gasteiger partial charge in [-0.05, 0) is 37.5 Å². The molecule has 1 aliphatic carbocycles. The summed E-state index contributed by atoms with van der Waals surface area (Å²) in [7, 11) is 0. The van der Waals surface area contributed by atoms with Crippen LogP contribution in [0.5, 0.6) is 0 Å². The summed E-state index contributed by atoms with van der Waals surface area (Å²) < 4.78 is 15.0. The highest BCUT2D eigenvalue weighted by molar-refractivity contribution is 14.1. The lowest BCUT2D eigenvalue weighted by atomic mass is 9.82. The standard InChI is InChI=1S/C15H27ClFI/c1-10-4-5-11(2)8-15(17)13(9-12(3)18)14(16)7-6-10/h10-15H,4-9H2,1-3H3/t10?,11-,12-,13-,14-,15?/m1/s1. The Kier molecular flexibility index (Phi) is 7.83. The van der Waals surface area contributed by atoms with E-state index >= 15 is 0 Å². The van der Waals surface area contributed by atoms with Crippen molar-refractivity contribution in [2.45, 2.75) is 74.8 Å². The van der Waals surface area contributed by atoms with Crippen LogP contribution in [0.25, 0.3) is 0 Å². The van der Waals surface area contributed by atoms with Gasteiger partial charge in [0.05, 0.1) is 0 Å². The van der Waals surface area contributed by atoms with E-state index in [2.05, 4.69) is 43.4 Å². The van der Waals surface area contributed by atoms with Gasteiger partial charge < -0.3 is 0 Å². The lowest BCUT2D eigenvalue weighted by Gasteiger charge is -2.31. The average molecular weight is 389 g/mol. The van der Waals surface area contributed by atoms with Crippen molar-refractivity contribution < 1.29 is 4.39 Å². The van der Waals surface area contributed by atoms with E-state index in [1.165, 1.54) is 12.8 Å². The molecule has 1 aliphatic rings. The van der Waals surface area contributed by atoms with Crippen LogP contribution in [0, 0.1) is 17.8 Å². The second-order valence-electron chi connectivity index (χ2n) is 6.31. The van der Waals surface area contributed by atoms with Crippen LogP contribution in [-0.4, -0.2) is 15.5 Å². The lowest BCUT2D eigenvalue weighted by Crippen LogP contribution is -2.30. The van der Waals surface area contributed by atoms with Crippen LogP contribution < -0.4 is 0 Å². The van der Waals surface area contributed by atoms with Gasteiger partial charge in [-0.1, -0.05) is 56.2 Å². The number of alkyl halides is 3. The Labute approximate surface area is 131 Å². The van der Waals surface area contributed by atoms with Gasteiger partial charge in [0.25, 0.3) is 0 Å². The first kappa shape index (κ1) is 17.0. The van der Waals surface area contributed by atoms with Crippen LogP contribution in [0.2, 0.25) is 0 Å². The molecule has 108 valence electrons. The quantitative estimate of drug-likeness (QED) is 0.402. The monoisotopic (exact) mass is 388 g/mol. The molecule has 2 unspecified atom stereocenters. The maximum atomic E-state index is 14.5. The molecule has 0 bridgehead atoms. The van der Waals surface area contributed by atoms with Crippen LogP contribution in [0.1, 0.15) is 59.3 Å². The average Bonchev–Trinajstić information content (AvgIpc) is 2.29. The minimum atomic E-state index is -0.715. The first-order valence-corrected chi connectivity index (χ1v) is 9.00. The zero-order valence-corrected chi connectivity index (χ0v) is 14.8. The van der Waals surface area contributed by atoms with Crippen LogP contribution in [0.3, 0.4) is 0 Å². The molecule has 0 radical (unpaired) electrons. The van der Waals surface area contributed by atoms with Gasteiger partial charge in [-0.3, -0.25) is 0 Å². The molecular formula is C15H27ClFI. The summed E-state index contributed by atoms with van der Waals surface area (Å²) in [5.41, 5.74) is 0. The molecule has 0 aliphatic heterocycles. The second-order valence-corrected chi connectivity index (χ2v) is 9.00. The largest absolute Gasteiger partial charge is 0.247 e. The van der Waals surface area contributed by atoms with E-state index in [-0.39, 0.29) is 11.3 Å². The second kappa shape index (κ2) is 8.28. The zero-order valence-electron chi connectivity index (χ0n) is 11.8. The van der Waals surface area contributed by atoms with Crippen LogP contribution >= 0.6 is 34.2 Å². The summed E-state index contributed by atoms with van der Waals surface area (Å²) in [5.74, 6) is 1.28. The van der Waals surface area contributed by atoms with Crippen molar-refractivity contribution in [3.05, 3.63) is 0 Å². The van der Waals surface area contributed by atoms with E-state index in [1.54, 1.807) is 0 Å². The molecule has 1 fully saturated rings. The SMILES string of the molecule is CC1CC[C@@H](C)CC(F)[C@H](C[C@@H](C)I)[C@H](Cl)CC1. The van der Waals surface area contributed by atoms with Crippen LogP contribution in [0.4, 0.5) is 4.39 Å². The van der Waals surface area contributed by atoms with Crippen molar-refractivity contribution in [2.75, 3.05) is 0 Å². The minimum absolute atomic E-state index is 0.0185. The first-order valence-electron chi connectivity index (χ1n) is 7.32. The molecule has 0 heterocycles. The van der Waals surface area contributed by atoms with Crippen molar-refractivity contribution in [2.24, 2.45) is 17.8 Å². The number of hydrogen-bond donors (Lipinski definition) is 0. The molecule has 0 aromatic heterocycles. The summed E-state index contributed by atoms with van der Waals surface area (Å²) in [6.45, 7) is 6.65. The Balaban J connectivity index is 2.69. The van der Waals surface area contributed by atoms with Gasteiger partial charge >= 0.3 is 0 Å². The van der Waals surface area contributed by atoms with Crippen LogP contribution in [-0.2, 0) is 0 Å². The molecule has 0 nitrogen and oxygen atoms in total. The topological polar surface area (TPSA) is 0 Å². The van der Waals surface area contributed by atoms with Gasteiger partial charge in [-0.25, -0.2) is 4.39 Å². The highest BCUT2D eigenvalue weighted by Crippen LogP contribution is 2.35. The molecule has 18 heavy (non-hydrogen) atoms. The van der Waals surface area contributed by atoms with Gasteiger partial charge in [0, 0.05) is 15.2 Å². The summed E-state index contributed by atoms with van der Waals surface area (Å²) in [5, 5.41) is 0.0185. The predicted octanol–water partition coefficient (Wildman–Crippen LogP) is 6.00. The Morgan fingerprint density at radius 3 is 2.33 bits per heavy atom. The normalized spacial score (nSPS) is 41.3.